The predicted molar refractivity (Wildman–Crippen MR) is 89.8 cm³/mol. The lowest BCUT2D eigenvalue weighted by atomic mass is 10.1. The second-order valence-corrected chi connectivity index (χ2v) is 5.47. The van der Waals surface area contributed by atoms with Crippen molar-refractivity contribution in [2.75, 3.05) is 0 Å². The minimum atomic E-state index is -0.257. The first-order chi connectivity index (χ1) is 11.2. The third-order valence-corrected chi connectivity index (χ3v) is 3.76. The Morgan fingerprint density at radius 3 is 2.35 bits per heavy atom. The van der Waals surface area contributed by atoms with Gasteiger partial charge in [-0.3, -0.25) is 4.79 Å². The first kappa shape index (κ1) is 15.0. The van der Waals surface area contributed by atoms with E-state index in [9.17, 15) is 4.79 Å². The number of nitrogens with zero attached hydrogens (tertiary/aromatic N) is 2. The van der Waals surface area contributed by atoms with Crippen molar-refractivity contribution >= 4 is 5.91 Å². The van der Waals surface area contributed by atoms with Gasteiger partial charge in [-0.1, -0.05) is 60.7 Å². The van der Waals surface area contributed by atoms with Crippen LogP contribution in [0.3, 0.4) is 0 Å². The maximum Gasteiger partial charge on any atom is 0.225 e. The first-order valence-corrected chi connectivity index (χ1v) is 7.59. The minimum absolute atomic E-state index is 0.0203. The highest BCUT2D eigenvalue weighted by Crippen LogP contribution is 2.20. The number of benzene rings is 2. The number of aromatic nitrogens is 2. The van der Waals surface area contributed by atoms with Crippen molar-refractivity contribution in [2.45, 2.75) is 12.5 Å². The maximum atomic E-state index is 12.5. The zero-order chi connectivity index (χ0) is 16.1. The normalized spacial score (nSPS) is 11.9. The molecule has 0 unspecified atom stereocenters. The number of hydrogen-bond donors (Lipinski definition) is 1. The van der Waals surface area contributed by atoms with Crippen LogP contribution >= 0.6 is 0 Å². The molecule has 0 fully saturated rings. The number of hydrogen-bond acceptors (Lipinski definition) is 2. The predicted octanol–water partition coefficient (Wildman–Crippen LogP) is 2.87. The Labute approximate surface area is 135 Å². The molecule has 2 aromatic carbocycles. The van der Waals surface area contributed by atoms with Crippen LogP contribution in [-0.2, 0) is 18.3 Å². The molecule has 3 aromatic rings. The van der Waals surface area contributed by atoms with E-state index in [0.29, 0.717) is 6.42 Å². The van der Waals surface area contributed by atoms with Crippen molar-refractivity contribution in [1.82, 2.24) is 14.9 Å². The van der Waals surface area contributed by atoms with Crippen LogP contribution in [-0.4, -0.2) is 15.5 Å². The molecule has 3 rings (SSSR count). The Balaban J connectivity index is 1.82. The van der Waals surface area contributed by atoms with Crippen LogP contribution in [0.5, 0.6) is 0 Å². The van der Waals surface area contributed by atoms with E-state index < -0.39 is 0 Å². The zero-order valence-electron chi connectivity index (χ0n) is 13.0. The smallest absolute Gasteiger partial charge is 0.225 e. The second kappa shape index (κ2) is 6.92. The fraction of sp³-hybridized carbons (Fsp3) is 0.158. The lowest BCUT2D eigenvalue weighted by molar-refractivity contribution is -0.121. The fourth-order valence-corrected chi connectivity index (χ4v) is 2.59. The molecule has 0 spiro atoms. The van der Waals surface area contributed by atoms with Gasteiger partial charge < -0.3 is 9.88 Å². The number of carbonyl (C=O) groups excluding carboxylic acids is 1. The summed E-state index contributed by atoms with van der Waals surface area (Å²) in [6.07, 6.45) is 3.98. The first-order valence-electron chi connectivity index (χ1n) is 7.59. The van der Waals surface area contributed by atoms with E-state index in [1.807, 2.05) is 78.5 Å². The molecule has 1 amide bonds. The Kier molecular flexibility index (Phi) is 4.52. The van der Waals surface area contributed by atoms with Crippen LogP contribution in [0.2, 0.25) is 0 Å². The maximum absolute atomic E-state index is 12.5. The summed E-state index contributed by atoms with van der Waals surface area (Å²) in [4.78, 5) is 16.9. The Hall–Kier alpha value is -2.88. The summed E-state index contributed by atoms with van der Waals surface area (Å²) < 4.78 is 1.93. The topological polar surface area (TPSA) is 46.9 Å². The van der Waals surface area contributed by atoms with Crippen LogP contribution in [0.15, 0.2) is 73.1 Å². The van der Waals surface area contributed by atoms with Crippen molar-refractivity contribution in [3.8, 4) is 0 Å². The average Bonchev–Trinajstić information content (AvgIpc) is 3.00. The molecule has 0 bridgehead atoms. The molecule has 1 N–H and O–H groups in total. The summed E-state index contributed by atoms with van der Waals surface area (Å²) in [5.74, 6) is 0.797. The molecule has 4 heteroatoms. The molecule has 0 saturated carbocycles. The van der Waals surface area contributed by atoms with Crippen molar-refractivity contribution in [2.24, 2.45) is 7.05 Å². The fourth-order valence-electron chi connectivity index (χ4n) is 2.59. The third-order valence-electron chi connectivity index (χ3n) is 3.76. The monoisotopic (exact) mass is 305 g/mol. The molecule has 116 valence electrons. The van der Waals surface area contributed by atoms with E-state index in [-0.39, 0.29) is 11.9 Å². The van der Waals surface area contributed by atoms with E-state index in [4.69, 9.17) is 0 Å². The molecule has 4 nitrogen and oxygen atoms in total. The van der Waals surface area contributed by atoms with Crippen molar-refractivity contribution < 1.29 is 4.79 Å². The largest absolute Gasteiger partial charge is 0.342 e. The molecule has 0 aliphatic rings. The summed E-state index contributed by atoms with van der Waals surface area (Å²) in [6, 6.07) is 19.4. The number of amides is 1. The molecular formula is C19H19N3O. The van der Waals surface area contributed by atoms with E-state index in [1.54, 1.807) is 6.20 Å². The van der Waals surface area contributed by atoms with Crippen LogP contribution in [0.1, 0.15) is 23.0 Å². The van der Waals surface area contributed by atoms with Gasteiger partial charge >= 0.3 is 0 Å². The van der Waals surface area contributed by atoms with Gasteiger partial charge in [-0.15, -0.1) is 0 Å². The SMILES string of the molecule is Cn1ccnc1[C@H](NC(=O)Cc1ccccc1)c1ccccc1. The van der Waals surface area contributed by atoms with Crippen LogP contribution < -0.4 is 5.32 Å². The summed E-state index contributed by atoms with van der Waals surface area (Å²) in [7, 11) is 1.93. The second-order valence-electron chi connectivity index (χ2n) is 5.47. The number of carbonyl (C=O) groups is 1. The number of imidazole rings is 1. The number of rotatable bonds is 5. The highest BCUT2D eigenvalue weighted by atomic mass is 16.1. The quantitative estimate of drug-likeness (QED) is 0.788. The van der Waals surface area contributed by atoms with Gasteiger partial charge in [0.05, 0.1) is 6.42 Å². The van der Waals surface area contributed by atoms with Gasteiger partial charge in [0, 0.05) is 19.4 Å². The molecule has 1 aromatic heterocycles. The number of aryl methyl sites for hydroxylation is 1. The van der Waals surface area contributed by atoms with Crippen LogP contribution in [0, 0.1) is 0 Å². The molecular weight excluding hydrogens is 286 g/mol. The van der Waals surface area contributed by atoms with Crippen molar-refractivity contribution in [1.29, 1.82) is 0 Å². The minimum Gasteiger partial charge on any atom is -0.342 e. The van der Waals surface area contributed by atoms with Crippen LogP contribution in [0.25, 0.3) is 0 Å². The van der Waals surface area contributed by atoms with Gasteiger partial charge in [0.2, 0.25) is 5.91 Å². The van der Waals surface area contributed by atoms with Crippen molar-refractivity contribution in [3.63, 3.8) is 0 Å². The highest BCUT2D eigenvalue weighted by Gasteiger charge is 2.20. The van der Waals surface area contributed by atoms with E-state index in [1.165, 1.54) is 0 Å². The summed E-state index contributed by atoms with van der Waals surface area (Å²) in [5, 5.41) is 3.10. The lowest BCUT2D eigenvalue weighted by Gasteiger charge is -2.19. The molecule has 0 aliphatic carbocycles. The Morgan fingerprint density at radius 2 is 1.74 bits per heavy atom. The molecule has 1 atom stereocenters. The highest BCUT2D eigenvalue weighted by molar-refractivity contribution is 5.79. The Bertz CT molecular complexity index is 766. The average molecular weight is 305 g/mol. The Morgan fingerprint density at radius 1 is 1.09 bits per heavy atom. The summed E-state index contributed by atoms with van der Waals surface area (Å²) in [5.41, 5.74) is 2.01. The molecule has 1 heterocycles. The summed E-state index contributed by atoms with van der Waals surface area (Å²) >= 11 is 0. The standard InChI is InChI=1S/C19H19N3O/c1-22-13-12-20-19(22)18(16-10-6-3-7-11-16)21-17(23)14-15-8-4-2-5-9-15/h2-13,18H,14H2,1H3,(H,21,23)/t18-/m1/s1. The zero-order valence-corrected chi connectivity index (χ0v) is 13.0. The third kappa shape index (κ3) is 3.66. The molecule has 23 heavy (non-hydrogen) atoms. The van der Waals surface area contributed by atoms with Gasteiger partial charge in [0.25, 0.3) is 0 Å². The van der Waals surface area contributed by atoms with Crippen LogP contribution in [0.4, 0.5) is 0 Å². The van der Waals surface area contributed by atoms with Crippen molar-refractivity contribution in [3.05, 3.63) is 90.0 Å². The van der Waals surface area contributed by atoms with Gasteiger partial charge in [0.15, 0.2) is 0 Å². The molecule has 0 aliphatic heterocycles. The van der Waals surface area contributed by atoms with E-state index in [0.717, 1.165) is 17.0 Å². The molecule has 0 radical (unpaired) electrons. The lowest BCUT2D eigenvalue weighted by Crippen LogP contribution is -2.32. The van der Waals surface area contributed by atoms with E-state index >= 15 is 0 Å². The van der Waals surface area contributed by atoms with Gasteiger partial charge in [-0.05, 0) is 11.1 Å². The molecule has 0 saturated heterocycles. The van der Waals surface area contributed by atoms with Gasteiger partial charge in [-0.25, -0.2) is 4.98 Å². The summed E-state index contributed by atoms with van der Waals surface area (Å²) in [6.45, 7) is 0. The van der Waals surface area contributed by atoms with E-state index in [2.05, 4.69) is 10.3 Å². The number of nitrogens with one attached hydrogen (secondary N) is 1. The van der Waals surface area contributed by atoms with Gasteiger partial charge in [0.1, 0.15) is 11.9 Å². The van der Waals surface area contributed by atoms with Gasteiger partial charge in [-0.2, -0.15) is 0 Å².